The van der Waals surface area contributed by atoms with Crippen molar-refractivity contribution in [2.75, 3.05) is 25.0 Å². The molecule has 1 saturated heterocycles. The first-order valence-corrected chi connectivity index (χ1v) is 11.7. The molecule has 6 heteroatoms. The molecular weight excluding hydrogens is 386 g/mol. The predicted octanol–water partition coefficient (Wildman–Crippen LogP) is 4.74. The predicted molar refractivity (Wildman–Crippen MR) is 122 cm³/mol. The highest BCUT2D eigenvalue weighted by Crippen LogP contribution is 2.30. The fourth-order valence-electron chi connectivity index (χ4n) is 5.30. The molecule has 31 heavy (non-hydrogen) atoms. The van der Waals surface area contributed by atoms with Gasteiger partial charge < -0.3 is 10.2 Å². The largest absolute Gasteiger partial charge is 0.322 e. The van der Waals surface area contributed by atoms with Gasteiger partial charge in [-0.25, -0.2) is 9.50 Å². The number of nitrogens with zero attached hydrogens (tertiary/aromatic N) is 4. The van der Waals surface area contributed by atoms with E-state index >= 15 is 0 Å². The maximum absolute atomic E-state index is 12.8. The lowest BCUT2D eigenvalue weighted by Gasteiger charge is -2.36. The first kappa shape index (κ1) is 20.2. The summed E-state index contributed by atoms with van der Waals surface area (Å²) in [6.07, 6.45) is 12.8. The van der Waals surface area contributed by atoms with Gasteiger partial charge in [0, 0.05) is 30.9 Å². The van der Waals surface area contributed by atoms with Crippen LogP contribution < -0.4 is 5.32 Å². The average Bonchev–Trinajstić information content (AvgIpc) is 3.25. The van der Waals surface area contributed by atoms with Crippen LogP contribution in [0.2, 0.25) is 0 Å². The third-order valence-electron chi connectivity index (χ3n) is 6.87. The van der Waals surface area contributed by atoms with Crippen molar-refractivity contribution in [2.45, 2.75) is 50.9 Å². The SMILES string of the molecule is O=C(Nc1ccccc1)c1cnn2c([C@@H]3CCCN(CC4CCCCC4)C3)ccnc12. The number of carbonyl (C=O) groups excluding carboxylic acids is 1. The van der Waals surface area contributed by atoms with E-state index in [1.165, 1.54) is 51.6 Å². The van der Waals surface area contributed by atoms with E-state index < -0.39 is 0 Å². The van der Waals surface area contributed by atoms with Crippen molar-refractivity contribution in [1.29, 1.82) is 0 Å². The monoisotopic (exact) mass is 417 g/mol. The van der Waals surface area contributed by atoms with E-state index in [4.69, 9.17) is 0 Å². The Balaban J connectivity index is 1.33. The number of hydrogen-bond donors (Lipinski definition) is 1. The molecule has 6 nitrogen and oxygen atoms in total. The molecule has 162 valence electrons. The molecule has 1 saturated carbocycles. The summed E-state index contributed by atoms with van der Waals surface area (Å²) in [7, 11) is 0. The Kier molecular flexibility index (Phi) is 5.98. The number of likely N-dealkylation sites (tertiary alicyclic amines) is 1. The van der Waals surface area contributed by atoms with Crippen molar-refractivity contribution >= 4 is 17.2 Å². The minimum atomic E-state index is -0.173. The molecule has 1 aliphatic carbocycles. The molecule has 1 amide bonds. The van der Waals surface area contributed by atoms with Crippen LogP contribution in [-0.2, 0) is 0 Å². The summed E-state index contributed by atoms with van der Waals surface area (Å²) in [5, 5.41) is 7.52. The fourth-order valence-corrected chi connectivity index (χ4v) is 5.30. The molecule has 1 atom stereocenters. The van der Waals surface area contributed by atoms with Crippen molar-refractivity contribution in [3.05, 3.63) is 60.0 Å². The second-order valence-corrected chi connectivity index (χ2v) is 9.09. The summed E-state index contributed by atoms with van der Waals surface area (Å²) in [5.74, 6) is 1.11. The van der Waals surface area contributed by atoms with Gasteiger partial charge in [0.2, 0.25) is 0 Å². The molecule has 0 bridgehead atoms. The first-order valence-electron chi connectivity index (χ1n) is 11.7. The normalized spacial score (nSPS) is 20.7. The third kappa shape index (κ3) is 4.49. The van der Waals surface area contributed by atoms with Gasteiger partial charge in [-0.3, -0.25) is 4.79 Å². The minimum Gasteiger partial charge on any atom is -0.322 e. The van der Waals surface area contributed by atoms with Gasteiger partial charge in [0.1, 0.15) is 5.56 Å². The second-order valence-electron chi connectivity index (χ2n) is 9.09. The lowest BCUT2D eigenvalue weighted by atomic mass is 9.87. The van der Waals surface area contributed by atoms with E-state index in [9.17, 15) is 4.79 Å². The summed E-state index contributed by atoms with van der Waals surface area (Å²) in [6.45, 7) is 3.50. The molecule has 2 aromatic heterocycles. The molecule has 1 aromatic carbocycles. The minimum absolute atomic E-state index is 0.173. The molecule has 1 aliphatic heterocycles. The summed E-state index contributed by atoms with van der Waals surface area (Å²) < 4.78 is 1.88. The number of anilines is 1. The van der Waals surface area contributed by atoms with Crippen molar-refractivity contribution in [3.8, 4) is 0 Å². The van der Waals surface area contributed by atoms with Gasteiger partial charge in [0.25, 0.3) is 5.91 Å². The highest BCUT2D eigenvalue weighted by atomic mass is 16.1. The lowest BCUT2D eigenvalue weighted by molar-refractivity contribution is 0.102. The molecule has 3 heterocycles. The van der Waals surface area contributed by atoms with Crippen LogP contribution in [0.15, 0.2) is 48.8 Å². The number of piperidine rings is 1. The quantitative estimate of drug-likeness (QED) is 0.651. The van der Waals surface area contributed by atoms with Crippen LogP contribution in [0, 0.1) is 5.92 Å². The van der Waals surface area contributed by atoms with Crippen LogP contribution in [0.3, 0.4) is 0 Å². The molecular formula is C25H31N5O. The number of hydrogen-bond acceptors (Lipinski definition) is 4. The van der Waals surface area contributed by atoms with Crippen molar-refractivity contribution in [1.82, 2.24) is 19.5 Å². The highest BCUT2D eigenvalue weighted by molar-refractivity contribution is 6.08. The molecule has 1 N–H and O–H groups in total. The van der Waals surface area contributed by atoms with Gasteiger partial charge >= 0.3 is 0 Å². The number of benzene rings is 1. The van der Waals surface area contributed by atoms with E-state index in [2.05, 4.69) is 26.4 Å². The van der Waals surface area contributed by atoms with Gasteiger partial charge in [0.15, 0.2) is 5.65 Å². The van der Waals surface area contributed by atoms with Crippen LogP contribution in [0.5, 0.6) is 0 Å². The van der Waals surface area contributed by atoms with Crippen molar-refractivity contribution in [2.24, 2.45) is 5.92 Å². The zero-order valence-corrected chi connectivity index (χ0v) is 18.0. The van der Waals surface area contributed by atoms with Gasteiger partial charge in [-0.1, -0.05) is 37.5 Å². The van der Waals surface area contributed by atoms with E-state index in [1.54, 1.807) is 6.20 Å². The Hall–Kier alpha value is -2.73. The second kappa shape index (κ2) is 9.18. The molecule has 2 aliphatic rings. The molecule has 0 unspecified atom stereocenters. The fraction of sp³-hybridized carbons (Fsp3) is 0.480. The van der Waals surface area contributed by atoms with Crippen molar-refractivity contribution < 1.29 is 4.79 Å². The number of aromatic nitrogens is 3. The number of fused-ring (bicyclic) bond motifs is 1. The van der Waals surface area contributed by atoms with Crippen LogP contribution in [-0.4, -0.2) is 45.0 Å². The third-order valence-corrected chi connectivity index (χ3v) is 6.87. The van der Waals surface area contributed by atoms with Crippen molar-refractivity contribution in [3.63, 3.8) is 0 Å². The number of nitrogens with one attached hydrogen (secondary N) is 1. The van der Waals surface area contributed by atoms with Gasteiger partial charge in [-0.2, -0.15) is 5.10 Å². The number of carbonyl (C=O) groups is 1. The molecule has 2 fully saturated rings. The van der Waals surface area contributed by atoms with E-state index in [0.717, 1.165) is 30.3 Å². The van der Waals surface area contributed by atoms with Crippen LogP contribution >= 0.6 is 0 Å². The maximum atomic E-state index is 12.8. The van der Waals surface area contributed by atoms with Gasteiger partial charge in [0.05, 0.1) is 11.9 Å². The van der Waals surface area contributed by atoms with E-state index in [1.807, 2.05) is 41.0 Å². The molecule has 0 radical (unpaired) electrons. The summed E-state index contributed by atoms with van der Waals surface area (Å²) >= 11 is 0. The zero-order valence-electron chi connectivity index (χ0n) is 18.0. The topological polar surface area (TPSA) is 62.5 Å². The Morgan fingerprint density at radius 2 is 1.87 bits per heavy atom. The smallest absolute Gasteiger partial charge is 0.261 e. The number of amides is 1. The maximum Gasteiger partial charge on any atom is 0.261 e. The Bertz CT molecular complexity index is 1020. The number of rotatable bonds is 5. The Labute approximate surface area is 183 Å². The summed E-state index contributed by atoms with van der Waals surface area (Å²) in [4.78, 5) is 20.0. The zero-order chi connectivity index (χ0) is 21.0. The van der Waals surface area contributed by atoms with Crippen LogP contribution in [0.1, 0.15) is 66.9 Å². The van der Waals surface area contributed by atoms with Gasteiger partial charge in [-0.05, 0) is 56.3 Å². The van der Waals surface area contributed by atoms with Crippen LogP contribution in [0.25, 0.3) is 5.65 Å². The molecule has 3 aromatic rings. The molecule has 5 rings (SSSR count). The average molecular weight is 418 g/mol. The highest BCUT2D eigenvalue weighted by Gasteiger charge is 2.27. The Morgan fingerprint density at radius 3 is 2.71 bits per heavy atom. The number of para-hydroxylation sites is 1. The molecule has 0 spiro atoms. The van der Waals surface area contributed by atoms with E-state index in [-0.39, 0.29) is 5.91 Å². The summed E-state index contributed by atoms with van der Waals surface area (Å²) in [6, 6.07) is 11.6. The van der Waals surface area contributed by atoms with Gasteiger partial charge in [-0.15, -0.1) is 0 Å². The van der Waals surface area contributed by atoms with E-state index in [0.29, 0.717) is 17.1 Å². The Morgan fingerprint density at radius 1 is 1.03 bits per heavy atom. The first-order chi connectivity index (χ1) is 15.3. The van der Waals surface area contributed by atoms with Crippen LogP contribution in [0.4, 0.5) is 5.69 Å². The standard InChI is InChI=1S/C25H31N5O/c31-25(28-21-11-5-2-6-12-21)22-16-27-30-23(13-14-26-24(22)30)20-10-7-15-29(18-20)17-19-8-3-1-4-9-19/h2,5-6,11-14,16,19-20H,1,3-4,7-10,15,17-18H2,(H,28,31)/t20-/m1/s1. The summed E-state index contributed by atoms with van der Waals surface area (Å²) in [5.41, 5.74) is 3.08. The lowest BCUT2D eigenvalue weighted by Crippen LogP contribution is -2.38.